The van der Waals surface area contributed by atoms with Gasteiger partial charge in [0.2, 0.25) is 0 Å². The van der Waals surface area contributed by atoms with E-state index >= 15 is 0 Å². The van der Waals surface area contributed by atoms with Gasteiger partial charge in [-0.2, -0.15) is 0 Å². The number of unbranched alkanes of at least 4 members (excludes halogenated alkanes) is 1. The van der Waals surface area contributed by atoms with Crippen LogP contribution in [0.5, 0.6) is 0 Å². The maximum Gasteiger partial charge on any atom is 0.0713 e. The number of benzene rings is 11. The molecule has 0 N–H and O–H groups in total. The van der Waals surface area contributed by atoms with Crippen LogP contribution in [0.4, 0.5) is 0 Å². The Morgan fingerprint density at radius 1 is 0.378 bits per heavy atom. The van der Waals surface area contributed by atoms with E-state index in [1.165, 1.54) is 144 Å². The van der Waals surface area contributed by atoms with Crippen molar-refractivity contribution in [3.8, 4) is 44.5 Å². The summed E-state index contributed by atoms with van der Waals surface area (Å²) in [4.78, 5) is 0. The standard InChI is InChI=1S/C26H20.C20H18.C15H16.C11H10.C10H16.C4H10.2C2H6/c1-19-16-17-25-23(18-19)22-14-8-9-15-24(22)26(25,20-10-4-2-5-11-20)21-12-6-3-7-13-21;1-15-3-7-17(8-4-15)19-11-13-20(14-12-19)18-9-5-16(2)6-10-18;1-2-6-13-9-11-15(12-10-13)14-7-4-3-5-8-14;1-9-5-4-7-10-6-2-3-8-11(9)10;1-3-9(2)10-7-5-4-6-8-10;1-3-4-2;2*1-2/h2-18H,1H3;3-14H,1-2H3;3-5,7-12H,2,6H2,1H3;2-8H,1H3;4-7,9-10H,3,8H2,1-2H3;3-4H2,1-2H3;2*1-2H3. The van der Waals surface area contributed by atoms with Crippen LogP contribution in [-0.4, -0.2) is 0 Å². The average Bonchev–Trinajstić information content (AvgIpc) is 1.54. The van der Waals surface area contributed by atoms with Crippen LogP contribution in [0.25, 0.3) is 55.3 Å². The second-order valence-corrected chi connectivity index (χ2v) is 23.1. The molecule has 11 aromatic rings. The molecular formula is C90H102. The van der Waals surface area contributed by atoms with Crippen LogP contribution in [0, 0.1) is 39.5 Å². The van der Waals surface area contributed by atoms with Gasteiger partial charge in [-0.15, -0.1) is 0 Å². The first-order chi connectivity index (χ1) is 44.1. The highest BCUT2D eigenvalue weighted by molar-refractivity contribution is 5.87. The largest absolute Gasteiger partial charge is 0.0840 e. The van der Waals surface area contributed by atoms with Crippen molar-refractivity contribution in [2.75, 3.05) is 0 Å². The Hall–Kier alpha value is -8.84. The smallest absolute Gasteiger partial charge is 0.0713 e. The highest BCUT2D eigenvalue weighted by Crippen LogP contribution is 2.56. The third-order valence-electron chi connectivity index (χ3n) is 16.8. The van der Waals surface area contributed by atoms with Gasteiger partial charge in [-0.05, 0) is 141 Å². The summed E-state index contributed by atoms with van der Waals surface area (Å²) in [6.07, 6.45) is 16.5. The lowest BCUT2D eigenvalue weighted by Crippen LogP contribution is -2.28. The quantitative estimate of drug-likeness (QED) is 0.128. The molecule has 0 spiro atoms. The summed E-state index contributed by atoms with van der Waals surface area (Å²) in [5.74, 6) is 1.65. The number of rotatable bonds is 10. The number of fused-ring (bicyclic) bond motifs is 4. The van der Waals surface area contributed by atoms with Gasteiger partial charge < -0.3 is 0 Å². The fourth-order valence-corrected chi connectivity index (χ4v) is 11.4. The van der Waals surface area contributed by atoms with Crippen molar-refractivity contribution in [1.82, 2.24) is 0 Å². The highest BCUT2D eigenvalue weighted by atomic mass is 14.5. The van der Waals surface area contributed by atoms with Crippen LogP contribution in [0.1, 0.15) is 144 Å². The van der Waals surface area contributed by atoms with E-state index in [0.29, 0.717) is 0 Å². The first kappa shape index (κ1) is 70.2. The van der Waals surface area contributed by atoms with Crippen LogP contribution in [0.15, 0.2) is 297 Å². The highest BCUT2D eigenvalue weighted by Gasteiger charge is 2.45. The SMILES string of the molecule is CC.CC.CCC(C)C1C=CC=CC1.CCCC.CCCc1ccc(-c2ccccc2)cc1.Cc1ccc(-c2ccc(-c3ccc(C)cc3)cc2)cc1.Cc1ccc2c(c1)-c1ccccc1C2(c1ccccc1)c1ccccc1.Cc1cccc2ccccc12. The average molecular weight is 1180 g/mol. The summed E-state index contributed by atoms with van der Waals surface area (Å²) in [7, 11) is 0. The minimum atomic E-state index is -0.262. The van der Waals surface area contributed by atoms with E-state index in [0.717, 1.165) is 11.8 Å². The van der Waals surface area contributed by atoms with Crippen LogP contribution in [0.2, 0.25) is 0 Å². The Bertz CT molecular complexity index is 3700. The molecule has 2 aliphatic carbocycles. The van der Waals surface area contributed by atoms with Crippen LogP contribution >= 0.6 is 0 Å². The van der Waals surface area contributed by atoms with Crippen LogP contribution in [0.3, 0.4) is 0 Å². The summed E-state index contributed by atoms with van der Waals surface area (Å²) in [5, 5.41) is 2.68. The van der Waals surface area contributed by atoms with Gasteiger partial charge in [0.05, 0.1) is 5.41 Å². The number of allylic oxidation sites excluding steroid dienone is 4. The van der Waals surface area contributed by atoms with Gasteiger partial charge in [-0.25, -0.2) is 0 Å². The van der Waals surface area contributed by atoms with E-state index < -0.39 is 0 Å². The Kier molecular flexibility index (Phi) is 29.6. The van der Waals surface area contributed by atoms with Gasteiger partial charge in [0, 0.05) is 0 Å². The molecule has 0 saturated carbocycles. The number of hydrogen-bond donors (Lipinski definition) is 0. The number of hydrogen-bond acceptors (Lipinski definition) is 0. The summed E-state index contributed by atoms with van der Waals surface area (Å²) in [6, 6.07) is 97.9. The maximum absolute atomic E-state index is 2.34. The van der Waals surface area contributed by atoms with E-state index in [9.17, 15) is 0 Å². The number of aryl methyl sites for hydroxylation is 5. The van der Waals surface area contributed by atoms with E-state index in [1.54, 1.807) is 0 Å². The van der Waals surface area contributed by atoms with Crippen molar-refractivity contribution in [3.63, 3.8) is 0 Å². The molecule has 2 atom stereocenters. The molecule has 0 bridgehead atoms. The third kappa shape index (κ3) is 19.3. The normalized spacial score (nSPS) is 12.7. The zero-order chi connectivity index (χ0) is 64.5. The van der Waals surface area contributed by atoms with Crippen LogP contribution in [-0.2, 0) is 11.8 Å². The van der Waals surface area contributed by atoms with Gasteiger partial charge >= 0.3 is 0 Å². The summed E-state index contributed by atoms with van der Waals surface area (Å²) in [6.45, 7) is 27.7. The minimum absolute atomic E-state index is 0.262. The van der Waals surface area contributed by atoms with E-state index in [-0.39, 0.29) is 5.41 Å². The van der Waals surface area contributed by atoms with Crippen molar-refractivity contribution in [2.45, 2.75) is 134 Å². The molecule has 462 valence electrons. The zero-order valence-corrected chi connectivity index (χ0v) is 56.7. The van der Waals surface area contributed by atoms with Crippen molar-refractivity contribution >= 4 is 10.8 Å². The Morgan fingerprint density at radius 3 is 1.28 bits per heavy atom. The monoisotopic (exact) mass is 1180 g/mol. The molecule has 0 heterocycles. The Labute approximate surface area is 545 Å². The topological polar surface area (TPSA) is 0 Å². The molecule has 0 heteroatoms. The molecule has 0 nitrogen and oxygen atoms in total. The predicted octanol–water partition coefficient (Wildman–Crippen LogP) is 26.5. The van der Waals surface area contributed by atoms with Gasteiger partial charge in [0.1, 0.15) is 0 Å². The molecule has 0 aliphatic heterocycles. The van der Waals surface area contributed by atoms with Crippen molar-refractivity contribution in [3.05, 3.63) is 347 Å². The fraction of sp³-hybridized carbons (Fsp3) is 0.244. The molecule has 90 heavy (non-hydrogen) atoms. The second-order valence-electron chi connectivity index (χ2n) is 23.1. The van der Waals surface area contributed by atoms with E-state index in [4.69, 9.17) is 0 Å². The molecular weight excluding hydrogens is 1080 g/mol. The molecule has 11 aromatic carbocycles. The van der Waals surface area contributed by atoms with Gasteiger partial charge in [-0.1, -0.05) is 402 Å². The zero-order valence-electron chi connectivity index (χ0n) is 56.7. The Balaban J connectivity index is 0.000000181. The third-order valence-corrected chi connectivity index (χ3v) is 16.8. The summed E-state index contributed by atoms with van der Waals surface area (Å²) < 4.78 is 0. The molecule has 0 radical (unpaired) electrons. The van der Waals surface area contributed by atoms with E-state index in [1.807, 2.05) is 27.7 Å². The molecule has 2 unspecified atom stereocenters. The second kappa shape index (κ2) is 37.9. The summed E-state index contributed by atoms with van der Waals surface area (Å²) in [5.41, 5.74) is 22.2. The lowest BCUT2D eigenvalue weighted by Gasteiger charge is -2.33. The molecule has 0 fully saturated rings. The molecule has 0 amide bonds. The van der Waals surface area contributed by atoms with Crippen molar-refractivity contribution in [1.29, 1.82) is 0 Å². The fourth-order valence-electron chi connectivity index (χ4n) is 11.4. The first-order valence-electron chi connectivity index (χ1n) is 33.6. The minimum Gasteiger partial charge on any atom is -0.0840 e. The molecule has 13 rings (SSSR count). The van der Waals surface area contributed by atoms with Gasteiger partial charge in [0.25, 0.3) is 0 Å². The molecule has 0 saturated heterocycles. The molecule has 2 aliphatic rings. The van der Waals surface area contributed by atoms with Gasteiger partial charge in [-0.3, -0.25) is 0 Å². The van der Waals surface area contributed by atoms with Crippen molar-refractivity contribution in [2.24, 2.45) is 11.8 Å². The van der Waals surface area contributed by atoms with Crippen molar-refractivity contribution < 1.29 is 0 Å². The first-order valence-corrected chi connectivity index (χ1v) is 33.6. The molecule has 0 aromatic heterocycles. The lowest BCUT2D eigenvalue weighted by atomic mass is 9.68. The lowest BCUT2D eigenvalue weighted by molar-refractivity contribution is 0.417. The maximum atomic E-state index is 2.34. The van der Waals surface area contributed by atoms with E-state index in [2.05, 4.69) is 360 Å². The van der Waals surface area contributed by atoms with Crippen LogP contribution < -0.4 is 0 Å². The Morgan fingerprint density at radius 2 is 0.800 bits per heavy atom. The summed E-state index contributed by atoms with van der Waals surface area (Å²) >= 11 is 0. The van der Waals surface area contributed by atoms with Gasteiger partial charge in [0.15, 0.2) is 0 Å². The predicted molar refractivity (Wildman–Crippen MR) is 399 cm³/mol.